The maximum Gasteiger partial charge on any atom is 0.270 e. The van der Waals surface area contributed by atoms with Gasteiger partial charge < -0.3 is 4.90 Å². The third-order valence-corrected chi connectivity index (χ3v) is 4.13. The van der Waals surface area contributed by atoms with E-state index in [0.29, 0.717) is 0 Å². The molecule has 0 fully saturated rings. The summed E-state index contributed by atoms with van der Waals surface area (Å²) in [5.74, 6) is -0.321. The Morgan fingerprint density at radius 1 is 1.12 bits per heavy atom. The number of nitro benzene ring substituents is 1. The largest absolute Gasteiger partial charge is 0.311 e. The zero-order chi connectivity index (χ0) is 18.1. The Hall–Kier alpha value is -2.40. The highest BCUT2D eigenvalue weighted by molar-refractivity contribution is 6.34. The van der Waals surface area contributed by atoms with Gasteiger partial charge in [-0.15, -0.1) is 0 Å². The number of amides is 1. The van der Waals surface area contributed by atoms with Crippen LogP contribution in [0.2, 0.25) is 5.02 Å². The van der Waals surface area contributed by atoms with E-state index in [2.05, 4.69) is 20.8 Å². The Morgan fingerprint density at radius 3 is 2.17 bits per heavy atom. The molecule has 2 aromatic carbocycles. The fraction of sp³-hybridized carbons (Fsp3) is 0.278. The van der Waals surface area contributed by atoms with Crippen LogP contribution in [0.25, 0.3) is 0 Å². The van der Waals surface area contributed by atoms with Crippen LogP contribution < -0.4 is 4.90 Å². The predicted octanol–water partition coefficient (Wildman–Crippen LogP) is 4.82. The van der Waals surface area contributed by atoms with Gasteiger partial charge in [-0.05, 0) is 29.2 Å². The molecule has 2 rings (SSSR count). The molecule has 0 unspecified atom stereocenters. The Balaban J connectivity index is 2.28. The van der Waals surface area contributed by atoms with Gasteiger partial charge in [0.25, 0.3) is 11.6 Å². The van der Waals surface area contributed by atoms with Crippen molar-refractivity contribution in [3.05, 3.63) is 68.7 Å². The molecule has 0 radical (unpaired) electrons. The van der Waals surface area contributed by atoms with E-state index in [-0.39, 0.29) is 27.6 Å². The van der Waals surface area contributed by atoms with Crippen molar-refractivity contribution < 1.29 is 9.72 Å². The summed E-state index contributed by atoms with van der Waals surface area (Å²) < 4.78 is 0. The maximum absolute atomic E-state index is 12.6. The quantitative estimate of drug-likeness (QED) is 0.591. The van der Waals surface area contributed by atoms with Crippen molar-refractivity contribution in [3.8, 4) is 0 Å². The molecule has 0 bridgehead atoms. The fourth-order valence-electron chi connectivity index (χ4n) is 2.27. The van der Waals surface area contributed by atoms with Crippen molar-refractivity contribution in [1.82, 2.24) is 0 Å². The topological polar surface area (TPSA) is 63.5 Å². The van der Waals surface area contributed by atoms with Gasteiger partial charge in [0.2, 0.25) is 0 Å². The number of hydrogen-bond donors (Lipinski definition) is 0. The summed E-state index contributed by atoms with van der Waals surface area (Å²) in [5, 5.41) is 10.8. The smallest absolute Gasteiger partial charge is 0.270 e. The molecular weight excluding hydrogens is 328 g/mol. The Morgan fingerprint density at radius 2 is 1.71 bits per heavy atom. The molecule has 0 saturated carbocycles. The number of hydrogen-bond acceptors (Lipinski definition) is 3. The van der Waals surface area contributed by atoms with E-state index in [0.717, 1.165) is 5.69 Å². The van der Waals surface area contributed by atoms with E-state index >= 15 is 0 Å². The zero-order valence-electron chi connectivity index (χ0n) is 14.0. The normalized spacial score (nSPS) is 11.2. The second kappa shape index (κ2) is 6.61. The molecule has 6 heteroatoms. The molecular formula is C18H19ClN2O3. The molecule has 0 saturated heterocycles. The lowest BCUT2D eigenvalue weighted by atomic mass is 9.87. The summed E-state index contributed by atoms with van der Waals surface area (Å²) in [6.45, 7) is 6.36. The van der Waals surface area contributed by atoms with E-state index in [1.807, 2.05) is 24.3 Å². The monoisotopic (exact) mass is 346 g/mol. The van der Waals surface area contributed by atoms with Crippen molar-refractivity contribution in [2.24, 2.45) is 0 Å². The molecule has 0 heterocycles. The third kappa shape index (κ3) is 3.74. The Labute approximate surface area is 146 Å². The van der Waals surface area contributed by atoms with Gasteiger partial charge in [0, 0.05) is 24.9 Å². The van der Waals surface area contributed by atoms with Gasteiger partial charge in [-0.2, -0.15) is 0 Å². The minimum Gasteiger partial charge on any atom is -0.311 e. The molecule has 0 atom stereocenters. The number of benzene rings is 2. The van der Waals surface area contributed by atoms with Crippen molar-refractivity contribution in [1.29, 1.82) is 0 Å². The maximum atomic E-state index is 12.6. The zero-order valence-corrected chi connectivity index (χ0v) is 14.8. The highest BCUT2D eigenvalue weighted by atomic mass is 35.5. The van der Waals surface area contributed by atoms with Crippen molar-refractivity contribution in [2.45, 2.75) is 26.2 Å². The lowest BCUT2D eigenvalue weighted by Crippen LogP contribution is -2.26. The first-order valence-electron chi connectivity index (χ1n) is 7.44. The first kappa shape index (κ1) is 17.9. The van der Waals surface area contributed by atoms with Crippen molar-refractivity contribution in [3.63, 3.8) is 0 Å². The minimum atomic E-state index is -0.547. The number of non-ortho nitro benzene ring substituents is 1. The van der Waals surface area contributed by atoms with Gasteiger partial charge >= 0.3 is 0 Å². The van der Waals surface area contributed by atoms with Crippen LogP contribution in [-0.4, -0.2) is 17.9 Å². The molecule has 0 N–H and O–H groups in total. The van der Waals surface area contributed by atoms with Crippen molar-refractivity contribution >= 4 is 28.9 Å². The van der Waals surface area contributed by atoms with Crippen LogP contribution >= 0.6 is 11.6 Å². The number of anilines is 1. The first-order valence-corrected chi connectivity index (χ1v) is 7.81. The summed E-state index contributed by atoms with van der Waals surface area (Å²) in [4.78, 5) is 24.3. The van der Waals surface area contributed by atoms with E-state index in [9.17, 15) is 14.9 Å². The average molecular weight is 347 g/mol. The van der Waals surface area contributed by atoms with Crippen LogP contribution in [0.1, 0.15) is 36.7 Å². The number of nitro groups is 1. The lowest BCUT2D eigenvalue weighted by Gasteiger charge is -2.22. The molecule has 5 nitrogen and oxygen atoms in total. The number of nitrogens with zero attached hydrogens (tertiary/aromatic N) is 2. The van der Waals surface area contributed by atoms with E-state index in [4.69, 9.17) is 11.6 Å². The SMILES string of the molecule is CN(C(=O)c1ccc([N+](=O)[O-])cc1Cl)c1ccc(C(C)(C)C)cc1. The van der Waals surface area contributed by atoms with Gasteiger partial charge in [0.15, 0.2) is 0 Å². The number of halogens is 1. The van der Waals surface area contributed by atoms with Crippen LogP contribution in [0.4, 0.5) is 11.4 Å². The van der Waals surface area contributed by atoms with E-state index in [1.54, 1.807) is 7.05 Å². The van der Waals surface area contributed by atoms with Crippen LogP contribution in [-0.2, 0) is 5.41 Å². The predicted molar refractivity (Wildman–Crippen MR) is 96.0 cm³/mol. The average Bonchev–Trinajstić information content (AvgIpc) is 2.52. The highest BCUT2D eigenvalue weighted by Crippen LogP contribution is 2.27. The highest BCUT2D eigenvalue weighted by Gasteiger charge is 2.20. The minimum absolute atomic E-state index is 0.0305. The third-order valence-electron chi connectivity index (χ3n) is 3.82. The van der Waals surface area contributed by atoms with Crippen molar-refractivity contribution in [2.75, 3.05) is 11.9 Å². The second-order valence-electron chi connectivity index (χ2n) is 6.58. The summed E-state index contributed by atoms with van der Waals surface area (Å²) in [7, 11) is 1.65. The lowest BCUT2D eigenvalue weighted by molar-refractivity contribution is -0.384. The van der Waals surface area contributed by atoms with Gasteiger partial charge in [0.05, 0.1) is 15.5 Å². The summed E-state index contributed by atoms with van der Waals surface area (Å²) in [6.07, 6.45) is 0. The summed E-state index contributed by atoms with van der Waals surface area (Å²) in [5.41, 5.74) is 2.00. The summed E-state index contributed by atoms with van der Waals surface area (Å²) >= 11 is 6.03. The fourth-order valence-corrected chi connectivity index (χ4v) is 2.53. The summed E-state index contributed by atoms with van der Waals surface area (Å²) in [6, 6.07) is 11.5. The molecule has 0 aliphatic rings. The number of carbonyl (C=O) groups is 1. The standard InChI is InChI=1S/C18H19ClN2O3/c1-18(2,3)12-5-7-13(8-6-12)20(4)17(22)15-10-9-14(21(23)24)11-16(15)19/h5-11H,1-4H3. The molecule has 0 spiro atoms. The van der Waals surface area contributed by atoms with Crippen LogP contribution in [0.3, 0.4) is 0 Å². The molecule has 0 aromatic heterocycles. The Bertz CT molecular complexity index is 780. The van der Waals surface area contributed by atoms with Gasteiger partial charge in [-0.1, -0.05) is 44.5 Å². The first-order chi connectivity index (χ1) is 11.1. The molecule has 0 aliphatic carbocycles. The van der Waals surface area contributed by atoms with Crippen LogP contribution in [0.15, 0.2) is 42.5 Å². The van der Waals surface area contributed by atoms with E-state index in [1.165, 1.54) is 28.7 Å². The van der Waals surface area contributed by atoms with Crippen LogP contribution in [0.5, 0.6) is 0 Å². The molecule has 2 aromatic rings. The molecule has 126 valence electrons. The Kier molecular flexibility index (Phi) is 4.94. The van der Waals surface area contributed by atoms with Gasteiger partial charge in [-0.25, -0.2) is 0 Å². The second-order valence-corrected chi connectivity index (χ2v) is 6.99. The van der Waals surface area contributed by atoms with E-state index < -0.39 is 4.92 Å². The van der Waals surface area contributed by atoms with Gasteiger partial charge in [-0.3, -0.25) is 14.9 Å². The number of rotatable bonds is 3. The molecule has 24 heavy (non-hydrogen) atoms. The number of carbonyl (C=O) groups excluding carboxylic acids is 1. The molecule has 1 amide bonds. The van der Waals surface area contributed by atoms with Crippen LogP contribution in [0, 0.1) is 10.1 Å². The van der Waals surface area contributed by atoms with Gasteiger partial charge in [0.1, 0.15) is 0 Å². The molecule has 0 aliphatic heterocycles.